The van der Waals surface area contributed by atoms with Crippen LogP contribution >= 0.6 is 23.2 Å². The number of pyridine rings is 1. The van der Waals surface area contributed by atoms with E-state index in [2.05, 4.69) is 27.3 Å². The van der Waals surface area contributed by atoms with E-state index < -0.39 is 0 Å². The van der Waals surface area contributed by atoms with Crippen molar-refractivity contribution in [1.29, 1.82) is 0 Å². The molecule has 0 unspecified atom stereocenters. The van der Waals surface area contributed by atoms with Crippen LogP contribution in [0.15, 0.2) is 54.7 Å². The van der Waals surface area contributed by atoms with E-state index in [1.54, 1.807) is 19.4 Å². The average Bonchev–Trinajstić information content (AvgIpc) is 2.83. The number of hydrogen-bond acceptors (Lipinski definition) is 5. The Hall–Kier alpha value is -2.63. The van der Waals surface area contributed by atoms with Crippen molar-refractivity contribution < 1.29 is 9.47 Å². The molecule has 1 N–H and O–H groups in total. The van der Waals surface area contributed by atoms with Crippen LogP contribution in [0.2, 0.25) is 10.2 Å². The highest BCUT2D eigenvalue weighted by Gasteiger charge is 2.14. The standard InChI is InChI=1S/C25H27Cl2N3O2/c1-31-24-13-18(5-9-23(24)32-17-19-6-10-25(27)29-16-19)15-28-20-7-8-22(21(26)14-20)30-11-3-2-4-12-30/h5-10,13-14,16,28H,2-4,11-12,15,17H2,1H3. The fourth-order valence-electron chi connectivity index (χ4n) is 3.81. The molecular formula is C25H27Cl2N3O2. The van der Waals surface area contributed by atoms with Crippen LogP contribution in [0.4, 0.5) is 11.4 Å². The fraction of sp³-hybridized carbons (Fsp3) is 0.320. The second kappa shape index (κ2) is 10.8. The van der Waals surface area contributed by atoms with Crippen molar-refractivity contribution in [2.24, 2.45) is 0 Å². The van der Waals surface area contributed by atoms with Gasteiger partial charge in [0.25, 0.3) is 0 Å². The fourth-order valence-corrected chi connectivity index (χ4v) is 4.22. The first-order chi connectivity index (χ1) is 15.6. The number of aromatic nitrogens is 1. The molecule has 0 spiro atoms. The summed E-state index contributed by atoms with van der Waals surface area (Å²) in [5.41, 5.74) is 4.13. The average molecular weight is 472 g/mol. The number of nitrogens with one attached hydrogen (secondary N) is 1. The number of hydrogen-bond donors (Lipinski definition) is 1. The van der Waals surface area contributed by atoms with Gasteiger partial charge in [-0.2, -0.15) is 0 Å². The molecule has 1 aliphatic heterocycles. The third-order valence-corrected chi connectivity index (χ3v) is 6.08. The predicted molar refractivity (Wildman–Crippen MR) is 131 cm³/mol. The van der Waals surface area contributed by atoms with E-state index in [1.165, 1.54) is 19.3 Å². The number of piperidine rings is 1. The van der Waals surface area contributed by atoms with E-state index in [-0.39, 0.29) is 0 Å². The topological polar surface area (TPSA) is 46.6 Å². The maximum absolute atomic E-state index is 6.58. The monoisotopic (exact) mass is 471 g/mol. The third-order valence-electron chi connectivity index (χ3n) is 5.55. The summed E-state index contributed by atoms with van der Waals surface area (Å²) in [4.78, 5) is 6.45. The molecule has 1 saturated heterocycles. The van der Waals surface area contributed by atoms with Gasteiger partial charge < -0.3 is 19.7 Å². The highest BCUT2D eigenvalue weighted by atomic mass is 35.5. The van der Waals surface area contributed by atoms with E-state index in [4.69, 9.17) is 32.7 Å². The molecular weight excluding hydrogens is 445 g/mol. The lowest BCUT2D eigenvalue weighted by Gasteiger charge is -2.29. The number of nitrogens with zero attached hydrogens (tertiary/aromatic N) is 2. The molecule has 0 radical (unpaired) electrons. The molecule has 0 amide bonds. The highest BCUT2D eigenvalue weighted by molar-refractivity contribution is 6.33. The van der Waals surface area contributed by atoms with Crippen molar-refractivity contribution in [2.75, 3.05) is 30.4 Å². The number of rotatable bonds is 8. The highest BCUT2D eigenvalue weighted by Crippen LogP contribution is 2.32. The minimum atomic E-state index is 0.389. The number of methoxy groups -OCH3 is 1. The molecule has 0 bridgehead atoms. The van der Waals surface area contributed by atoms with Crippen LogP contribution in [-0.4, -0.2) is 25.2 Å². The Labute approximate surface area is 199 Å². The smallest absolute Gasteiger partial charge is 0.161 e. The first kappa shape index (κ1) is 22.6. The number of ether oxygens (including phenoxy) is 2. The van der Waals surface area contributed by atoms with Crippen molar-refractivity contribution in [3.05, 3.63) is 76.0 Å². The first-order valence-corrected chi connectivity index (χ1v) is 11.6. The first-order valence-electron chi connectivity index (χ1n) is 10.8. The largest absolute Gasteiger partial charge is 0.493 e. The van der Waals surface area contributed by atoms with E-state index in [9.17, 15) is 0 Å². The molecule has 168 valence electrons. The maximum atomic E-state index is 6.58. The van der Waals surface area contributed by atoms with Crippen LogP contribution in [0.3, 0.4) is 0 Å². The van der Waals surface area contributed by atoms with Crippen molar-refractivity contribution in [2.45, 2.75) is 32.4 Å². The van der Waals surface area contributed by atoms with Gasteiger partial charge in [-0.1, -0.05) is 35.3 Å². The summed E-state index contributed by atoms with van der Waals surface area (Å²) in [5, 5.41) is 4.70. The van der Waals surface area contributed by atoms with Crippen molar-refractivity contribution in [3.63, 3.8) is 0 Å². The third kappa shape index (κ3) is 5.78. The van der Waals surface area contributed by atoms with Gasteiger partial charge in [-0.3, -0.25) is 0 Å². The molecule has 2 heterocycles. The van der Waals surface area contributed by atoms with Crippen LogP contribution < -0.4 is 19.7 Å². The minimum Gasteiger partial charge on any atom is -0.493 e. The Morgan fingerprint density at radius 2 is 1.75 bits per heavy atom. The van der Waals surface area contributed by atoms with Gasteiger partial charge in [-0.05, 0) is 61.2 Å². The summed E-state index contributed by atoms with van der Waals surface area (Å²) in [5.74, 6) is 1.37. The lowest BCUT2D eigenvalue weighted by atomic mass is 10.1. The summed E-state index contributed by atoms with van der Waals surface area (Å²) in [6.45, 7) is 3.20. The number of halogens is 2. The maximum Gasteiger partial charge on any atom is 0.161 e. The van der Waals surface area contributed by atoms with Crippen molar-refractivity contribution in [3.8, 4) is 11.5 Å². The molecule has 1 aromatic heterocycles. The lowest BCUT2D eigenvalue weighted by molar-refractivity contribution is 0.284. The predicted octanol–water partition coefficient (Wildman–Crippen LogP) is 6.58. The molecule has 32 heavy (non-hydrogen) atoms. The SMILES string of the molecule is COc1cc(CNc2ccc(N3CCCCC3)c(Cl)c2)ccc1OCc1ccc(Cl)nc1. The Morgan fingerprint density at radius 3 is 2.47 bits per heavy atom. The summed E-state index contributed by atoms with van der Waals surface area (Å²) in [7, 11) is 1.64. The van der Waals surface area contributed by atoms with E-state index in [0.717, 1.165) is 40.6 Å². The van der Waals surface area contributed by atoms with Gasteiger partial charge >= 0.3 is 0 Å². The van der Waals surface area contributed by atoms with Crippen LogP contribution in [0, 0.1) is 0 Å². The molecule has 4 rings (SSSR count). The summed E-state index contributed by atoms with van der Waals surface area (Å²) in [6, 6.07) is 15.8. The molecule has 3 aromatic rings. The van der Waals surface area contributed by atoms with Gasteiger partial charge in [-0.25, -0.2) is 4.98 Å². The summed E-state index contributed by atoms with van der Waals surface area (Å²) in [6.07, 6.45) is 5.47. The molecule has 2 aromatic carbocycles. The normalized spacial score (nSPS) is 13.7. The van der Waals surface area contributed by atoms with Gasteiger partial charge in [0.2, 0.25) is 0 Å². The summed E-state index contributed by atoms with van der Waals surface area (Å²) < 4.78 is 11.4. The number of benzene rings is 2. The van der Waals surface area contributed by atoms with Gasteiger partial charge in [0, 0.05) is 37.1 Å². The van der Waals surface area contributed by atoms with Crippen LogP contribution in [0.5, 0.6) is 11.5 Å². The van der Waals surface area contributed by atoms with Gasteiger partial charge in [0.15, 0.2) is 11.5 Å². The van der Waals surface area contributed by atoms with Gasteiger partial charge in [0.05, 0.1) is 17.8 Å². The zero-order chi connectivity index (χ0) is 22.3. The Kier molecular flexibility index (Phi) is 7.61. The van der Waals surface area contributed by atoms with Crippen molar-refractivity contribution >= 4 is 34.6 Å². The minimum absolute atomic E-state index is 0.389. The molecule has 0 aliphatic carbocycles. The second-order valence-electron chi connectivity index (χ2n) is 7.83. The molecule has 7 heteroatoms. The molecule has 0 atom stereocenters. The van der Waals surface area contributed by atoms with E-state index in [0.29, 0.717) is 29.8 Å². The van der Waals surface area contributed by atoms with E-state index >= 15 is 0 Å². The molecule has 1 aliphatic rings. The van der Waals surface area contributed by atoms with E-state index in [1.807, 2.05) is 30.3 Å². The van der Waals surface area contributed by atoms with Gasteiger partial charge in [0.1, 0.15) is 11.8 Å². The lowest BCUT2D eigenvalue weighted by Crippen LogP contribution is -2.29. The van der Waals surface area contributed by atoms with Crippen LogP contribution in [0.25, 0.3) is 0 Å². The second-order valence-corrected chi connectivity index (χ2v) is 8.62. The summed E-state index contributed by atoms with van der Waals surface area (Å²) >= 11 is 12.4. The quantitative estimate of drug-likeness (QED) is 0.376. The van der Waals surface area contributed by atoms with Crippen LogP contribution in [0.1, 0.15) is 30.4 Å². The van der Waals surface area contributed by atoms with Crippen LogP contribution in [-0.2, 0) is 13.2 Å². The van der Waals surface area contributed by atoms with Crippen molar-refractivity contribution in [1.82, 2.24) is 4.98 Å². The number of anilines is 2. The Balaban J connectivity index is 1.36. The Morgan fingerprint density at radius 1 is 0.938 bits per heavy atom. The molecule has 0 saturated carbocycles. The molecule has 1 fully saturated rings. The molecule has 5 nitrogen and oxygen atoms in total. The van der Waals surface area contributed by atoms with Gasteiger partial charge in [-0.15, -0.1) is 0 Å². The zero-order valence-corrected chi connectivity index (χ0v) is 19.6. The Bertz CT molecular complexity index is 1040. The zero-order valence-electron chi connectivity index (χ0n) is 18.1.